The fourth-order valence-electron chi connectivity index (χ4n) is 4.80. The topological polar surface area (TPSA) is 61.9 Å². The normalized spacial score (nSPS) is 20.4. The molecule has 6 nitrogen and oxygen atoms in total. The number of methoxy groups -OCH3 is 1. The van der Waals surface area contributed by atoms with E-state index < -0.39 is 0 Å². The van der Waals surface area contributed by atoms with Crippen molar-refractivity contribution in [2.24, 2.45) is 0 Å². The molecule has 1 aliphatic heterocycles. The van der Waals surface area contributed by atoms with E-state index in [-0.39, 0.29) is 29.8 Å². The summed E-state index contributed by atoms with van der Waals surface area (Å²) in [6.45, 7) is 3.21. The quantitative estimate of drug-likeness (QED) is 0.774. The predicted molar refractivity (Wildman–Crippen MR) is 109 cm³/mol. The molecule has 0 saturated carbocycles. The highest BCUT2D eigenvalue weighted by Gasteiger charge is 2.46. The number of nitrogens with one attached hydrogen (secondary N) is 1. The number of benzene rings is 1. The van der Waals surface area contributed by atoms with Crippen LogP contribution in [-0.4, -0.2) is 75.6 Å². The van der Waals surface area contributed by atoms with Crippen LogP contribution >= 0.6 is 0 Å². The van der Waals surface area contributed by atoms with Gasteiger partial charge in [0.05, 0.1) is 0 Å². The van der Waals surface area contributed by atoms with Gasteiger partial charge in [-0.15, -0.1) is 0 Å². The molecule has 0 radical (unpaired) electrons. The van der Waals surface area contributed by atoms with Gasteiger partial charge in [0.1, 0.15) is 6.61 Å². The lowest BCUT2D eigenvalue weighted by Gasteiger charge is -2.40. The molecule has 1 aromatic rings. The fourth-order valence-corrected chi connectivity index (χ4v) is 4.80. The van der Waals surface area contributed by atoms with E-state index in [0.717, 1.165) is 38.9 Å². The lowest BCUT2D eigenvalue weighted by molar-refractivity contribution is -0.136. The number of likely N-dealkylation sites (N-methyl/N-ethyl adjacent to an activating group) is 1. The number of hydrogen-bond acceptors (Lipinski definition) is 4. The summed E-state index contributed by atoms with van der Waals surface area (Å²) in [4.78, 5) is 28.6. The first-order valence-electron chi connectivity index (χ1n) is 10.2. The number of carbonyl (C=O) groups excluding carboxylic acids is 2. The van der Waals surface area contributed by atoms with Crippen molar-refractivity contribution in [3.8, 4) is 0 Å². The van der Waals surface area contributed by atoms with Gasteiger partial charge in [-0.1, -0.05) is 24.3 Å². The maximum atomic E-state index is 12.5. The van der Waals surface area contributed by atoms with Crippen LogP contribution in [0.25, 0.3) is 0 Å². The summed E-state index contributed by atoms with van der Waals surface area (Å²) < 4.78 is 5.00. The Morgan fingerprint density at radius 3 is 2.64 bits per heavy atom. The average Bonchev–Trinajstić information content (AvgIpc) is 2.96. The van der Waals surface area contributed by atoms with E-state index in [1.165, 1.54) is 11.1 Å². The molecule has 1 saturated heterocycles. The Morgan fingerprint density at radius 1 is 1.25 bits per heavy atom. The molecule has 0 bridgehead atoms. The Hall–Kier alpha value is -1.92. The average molecular weight is 388 g/mol. The standard InChI is InChI=1S/C22H33N3O3/c1-24(2)13-10-23-20(26)14-17-15-22(19-7-5-4-6-18(17)19)8-11-25(12-9-22)21(27)16-28-3/h4-7,17H,8-16H2,1-3H3,(H,23,26)/t17-/m1/s1. The number of ether oxygens (including phenoxy) is 1. The molecular weight excluding hydrogens is 354 g/mol. The van der Waals surface area contributed by atoms with E-state index in [1.807, 2.05) is 19.0 Å². The number of likely N-dealkylation sites (tertiary alicyclic amines) is 1. The summed E-state index contributed by atoms with van der Waals surface area (Å²) in [5.74, 6) is 0.462. The smallest absolute Gasteiger partial charge is 0.248 e. The van der Waals surface area contributed by atoms with Crippen molar-refractivity contribution in [1.29, 1.82) is 0 Å². The van der Waals surface area contributed by atoms with Crippen molar-refractivity contribution < 1.29 is 14.3 Å². The van der Waals surface area contributed by atoms with Gasteiger partial charge in [-0.3, -0.25) is 9.59 Å². The first-order valence-corrected chi connectivity index (χ1v) is 10.2. The third-order valence-electron chi connectivity index (χ3n) is 6.26. The molecule has 6 heteroatoms. The minimum Gasteiger partial charge on any atom is -0.375 e. The first-order chi connectivity index (χ1) is 13.4. The molecule has 1 atom stereocenters. The lowest BCUT2D eigenvalue weighted by atomic mass is 9.73. The second-order valence-electron chi connectivity index (χ2n) is 8.44. The van der Waals surface area contributed by atoms with Crippen LogP contribution in [-0.2, 0) is 19.7 Å². The number of piperidine rings is 1. The van der Waals surface area contributed by atoms with Crippen molar-refractivity contribution in [1.82, 2.24) is 15.1 Å². The molecule has 2 aliphatic rings. The highest BCUT2D eigenvalue weighted by atomic mass is 16.5. The second kappa shape index (κ2) is 9.05. The van der Waals surface area contributed by atoms with Crippen LogP contribution in [0.1, 0.15) is 42.7 Å². The predicted octanol–water partition coefficient (Wildman–Crippen LogP) is 1.75. The van der Waals surface area contributed by atoms with Crippen molar-refractivity contribution in [2.75, 3.05) is 54.0 Å². The third-order valence-corrected chi connectivity index (χ3v) is 6.26. The van der Waals surface area contributed by atoms with Crippen molar-refractivity contribution in [3.05, 3.63) is 35.4 Å². The van der Waals surface area contributed by atoms with Gasteiger partial charge in [-0.05, 0) is 55.8 Å². The largest absolute Gasteiger partial charge is 0.375 e. The van der Waals surface area contributed by atoms with Gasteiger partial charge in [0, 0.05) is 39.7 Å². The maximum absolute atomic E-state index is 12.5. The lowest BCUT2D eigenvalue weighted by Crippen LogP contribution is -2.45. The molecule has 1 aromatic carbocycles. The van der Waals surface area contributed by atoms with E-state index in [4.69, 9.17) is 4.74 Å². The fraction of sp³-hybridized carbons (Fsp3) is 0.636. The van der Waals surface area contributed by atoms with E-state index in [1.54, 1.807) is 7.11 Å². The van der Waals surface area contributed by atoms with Crippen LogP contribution in [0.15, 0.2) is 24.3 Å². The van der Waals surface area contributed by atoms with Gasteiger partial charge < -0.3 is 19.9 Å². The Kier molecular flexibility index (Phi) is 6.73. The minimum absolute atomic E-state index is 0.0699. The molecule has 1 N–H and O–H groups in total. The molecule has 28 heavy (non-hydrogen) atoms. The number of rotatable bonds is 7. The monoisotopic (exact) mass is 387 g/mol. The summed E-state index contributed by atoms with van der Waals surface area (Å²) in [7, 11) is 5.57. The van der Waals surface area contributed by atoms with E-state index >= 15 is 0 Å². The van der Waals surface area contributed by atoms with Crippen LogP contribution in [0.5, 0.6) is 0 Å². The van der Waals surface area contributed by atoms with E-state index in [0.29, 0.717) is 13.0 Å². The number of carbonyl (C=O) groups is 2. The van der Waals surface area contributed by atoms with Gasteiger partial charge >= 0.3 is 0 Å². The van der Waals surface area contributed by atoms with Crippen LogP contribution < -0.4 is 5.32 Å². The van der Waals surface area contributed by atoms with Crippen molar-refractivity contribution >= 4 is 11.8 Å². The third kappa shape index (κ3) is 4.55. The zero-order valence-electron chi connectivity index (χ0n) is 17.4. The summed E-state index contributed by atoms with van der Waals surface area (Å²) in [5.41, 5.74) is 2.80. The van der Waals surface area contributed by atoms with Crippen molar-refractivity contribution in [2.45, 2.75) is 37.0 Å². The van der Waals surface area contributed by atoms with Gasteiger partial charge in [0.2, 0.25) is 11.8 Å². The van der Waals surface area contributed by atoms with Crippen LogP contribution in [0.4, 0.5) is 0 Å². The highest BCUT2D eigenvalue weighted by Crippen LogP contribution is 2.52. The molecular formula is C22H33N3O3. The number of amides is 2. The summed E-state index contributed by atoms with van der Waals surface area (Å²) >= 11 is 0. The summed E-state index contributed by atoms with van der Waals surface area (Å²) in [5, 5.41) is 3.05. The van der Waals surface area contributed by atoms with Gasteiger partial charge in [0.25, 0.3) is 0 Å². The molecule has 1 aliphatic carbocycles. The number of hydrogen-bond donors (Lipinski definition) is 1. The molecule has 3 rings (SSSR count). The van der Waals surface area contributed by atoms with E-state index in [2.05, 4.69) is 34.5 Å². The van der Waals surface area contributed by atoms with Gasteiger partial charge in [-0.2, -0.15) is 0 Å². The Balaban J connectivity index is 1.66. The minimum atomic E-state index is 0.0699. The zero-order chi connectivity index (χ0) is 20.1. The van der Waals surface area contributed by atoms with Gasteiger partial charge in [-0.25, -0.2) is 0 Å². The summed E-state index contributed by atoms with van der Waals surface area (Å²) in [6.07, 6.45) is 3.45. The highest BCUT2D eigenvalue weighted by molar-refractivity contribution is 5.78. The molecule has 1 heterocycles. The van der Waals surface area contributed by atoms with Crippen LogP contribution in [0, 0.1) is 0 Å². The van der Waals surface area contributed by atoms with E-state index in [9.17, 15) is 9.59 Å². The Morgan fingerprint density at radius 2 is 1.96 bits per heavy atom. The maximum Gasteiger partial charge on any atom is 0.248 e. The Bertz CT molecular complexity index is 696. The molecule has 0 aromatic heterocycles. The molecule has 0 unspecified atom stereocenters. The molecule has 1 fully saturated rings. The first kappa shape index (κ1) is 20.8. The van der Waals surface area contributed by atoms with Crippen LogP contribution in [0.2, 0.25) is 0 Å². The van der Waals surface area contributed by atoms with Crippen LogP contribution in [0.3, 0.4) is 0 Å². The van der Waals surface area contributed by atoms with Crippen molar-refractivity contribution in [3.63, 3.8) is 0 Å². The number of nitrogens with zero attached hydrogens (tertiary/aromatic N) is 2. The molecule has 2 amide bonds. The SMILES string of the molecule is COCC(=O)N1CCC2(CC1)C[C@@H](CC(=O)NCCN(C)C)c1ccccc12. The molecule has 1 spiro atoms. The van der Waals surface area contributed by atoms with Gasteiger partial charge in [0.15, 0.2) is 0 Å². The molecule has 154 valence electrons. The summed E-state index contributed by atoms with van der Waals surface area (Å²) in [6, 6.07) is 8.59. The number of fused-ring (bicyclic) bond motifs is 2. The zero-order valence-corrected chi connectivity index (χ0v) is 17.4. The second-order valence-corrected chi connectivity index (χ2v) is 8.44. The Labute approximate surface area is 168 Å².